The number of amides is 1. The number of hydrogen-bond acceptors (Lipinski definition) is 3. The molecule has 0 fully saturated rings. The van der Waals surface area contributed by atoms with Gasteiger partial charge in [-0.25, -0.2) is 8.42 Å². The highest BCUT2D eigenvalue weighted by Crippen LogP contribution is 2.31. The van der Waals surface area contributed by atoms with Crippen LogP contribution >= 0.6 is 11.6 Å². The third-order valence-corrected chi connectivity index (χ3v) is 7.63. The lowest BCUT2D eigenvalue weighted by atomic mass is 10.0. The van der Waals surface area contributed by atoms with Crippen LogP contribution in [0.4, 0.5) is 11.4 Å². The number of aryl methyl sites for hydroxylation is 2. The molecule has 0 aliphatic carbocycles. The number of nitrogens with zero attached hydrogens (tertiary/aromatic N) is 1. The van der Waals surface area contributed by atoms with E-state index in [1.54, 1.807) is 55.5 Å². The van der Waals surface area contributed by atoms with E-state index in [-0.39, 0.29) is 4.90 Å². The van der Waals surface area contributed by atoms with Crippen molar-refractivity contribution in [3.63, 3.8) is 0 Å². The van der Waals surface area contributed by atoms with Gasteiger partial charge in [0.2, 0.25) is 5.91 Å². The molecule has 0 saturated heterocycles. The van der Waals surface area contributed by atoms with Crippen molar-refractivity contribution >= 4 is 38.9 Å². The summed E-state index contributed by atoms with van der Waals surface area (Å²) < 4.78 is 28.5. The topological polar surface area (TPSA) is 66.5 Å². The van der Waals surface area contributed by atoms with Crippen LogP contribution in [0, 0.1) is 13.8 Å². The SMILES string of the molecule is Cc1ccc(S(=O)(=O)N(CC(=O)Nc2ccccc2-c2ccccc2)c2cc(Cl)ccc2C)cc1. The second-order valence-electron chi connectivity index (χ2n) is 8.22. The summed E-state index contributed by atoms with van der Waals surface area (Å²) in [6.45, 7) is 3.25. The second kappa shape index (κ2) is 10.3. The summed E-state index contributed by atoms with van der Waals surface area (Å²) in [6, 6.07) is 28.6. The maximum absolute atomic E-state index is 13.7. The third-order valence-electron chi connectivity index (χ3n) is 5.62. The van der Waals surface area contributed by atoms with Gasteiger partial charge in [-0.1, -0.05) is 83.9 Å². The average molecular weight is 505 g/mol. The minimum atomic E-state index is -4.05. The van der Waals surface area contributed by atoms with E-state index in [0.717, 1.165) is 21.0 Å². The van der Waals surface area contributed by atoms with E-state index in [1.807, 2.05) is 55.5 Å². The zero-order valence-electron chi connectivity index (χ0n) is 19.4. The Morgan fingerprint density at radius 1 is 0.857 bits per heavy atom. The molecule has 0 radical (unpaired) electrons. The van der Waals surface area contributed by atoms with Gasteiger partial charge in [-0.15, -0.1) is 0 Å². The normalized spacial score (nSPS) is 11.2. The summed E-state index contributed by atoms with van der Waals surface area (Å²) in [5, 5.41) is 3.28. The van der Waals surface area contributed by atoms with Gasteiger partial charge in [-0.05, 0) is 55.3 Å². The highest BCUT2D eigenvalue weighted by Gasteiger charge is 2.28. The van der Waals surface area contributed by atoms with E-state index in [9.17, 15) is 13.2 Å². The molecular weight excluding hydrogens is 480 g/mol. The van der Waals surface area contributed by atoms with Gasteiger partial charge in [0.15, 0.2) is 0 Å². The highest BCUT2D eigenvalue weighted by molar-refractivity contribution is 7.92. The van der Waals surface area contributed by atoms with E-state index in [1.165, 1.54) is 0 Å². The number of hydrogen-bond donors (Lipinski definition) is 1. The summed E-state index contributed by atoms with van der Waals surface area (Å²) in [6.07, 6.45) is 0. The summed E-state index contributed by atoms with van der Waals surface area (Å²) in [5.41, 5.74) is 4.35. The highest BCUT2D eigenvalue weighted by atomic mass is 35.5. The standard InChI is InChI=1S/C28H25ClN2O3S/c1-20-12-16-24(17-13-20)35(33,34)31(27-18-23(29)15-14-21(27)2)19-28(32)30-26-11-7-6-10-25(26)22-8-4-3-5-9-22/h3-18H,19H2,1-2H3,(H,30,32). The zero-order chi connectivity index (χ0) is 25.0. The molecule has 0 aliphatic heterocycles. The van der Waals surface area contributed by atoms with Gasteiger partial charge in [-0.2, -0.15) is 0 Å². The van der Waals surface area contributed by atoms with Crippen LogP contribution in [0.15, 0.2) is 102 Å². The number of carbonyl (C=O) groups excluding carboxylic acids is 1. The molecule has 0 aromatic heterocycles. The lowest BCUT2D eigenvalue weighted by Gasteiger charge is -2.26. The third kappa shape index (κ3) is 5.56. The second-order valence-corrected chi connectivity index (χ2v) is 10.5. The fourth-order valence-electron chi connectivity index (χ4n) is 3.77. The van der Waals surface area contributed by atoms with E-state index >= 15 is 0 Å². The first-order valence-corrected chi connectivity index (χ1v) is 12.9. The number of sulfonamides is 1. The monoisotopic (exact) mass is 504 g/mol. The molecule has 178 valence electrons. The van der Waals surface area contributed by atoms with Crippen LogP contribution in [0.3, 0.4) is 0 Å². The Balaban J connectivity index is 1.70. The van der Waals surface area contributed by atoms with Crippen LogP contribution in [0.25, 0.3) is 11.1 Å². The van der Waals surface area contributed by atoms with Crippen LogP contribution in [-0.4, -0.2) is 20.9 Å². The van der Waals surface area contributed by atoms with Crippen LogP contribution in [0.1, 0.15) is 11.1 Å². The molecule has 35 heavy (non-hydrogen) atoms. The van der Waals surface area contributed by atoms with Gasteiger partial charge in [0.05, 0.1) is 10.6 Å². The molecule has 1 N–H and O–H groups in total. The van der Waals surface area contributed by atoms with Crippen molar-refractivity contribution < 1.29 is 13.2 Å². The van der Waals surface area contributed by atoms with Crippen molar-refractivity contribution in [2.24, 2.45) is 0 Å². The molecule has 4 aromatic carbocycles. The molecule has 0 saturated carbocycles. The fraction of sp³-hybridized carbons (Fsp3) is 0.107. The summed E-state index contributed by atoms with van der Waals surface area (Å²) >= 11 is 6.21. The predicted molar refractivity (Wildman–Crippen MR) is 142 cm³/mol. The van der Waals surface area contributed by atoms with Gasteiger partial charge in [-0.3, -0.25) is 9.10 Å². The first kappa shape index (κ1) is 24.5. The Morgan fingerprint density at radius 3 is 2.23 bits per heavy atom. The molecular formula is C28H25ClN2O3S. The number of benzene rings is 4. The predicted octanol–water partition coefficient (Wildman–Crippen LogP) is 6.46. The van der Waals surface area contributed by atoms with Crippen LogP contribution in [-0.2, 0) is 14.8 Å². The molecule has 0 unspecified atom stereocenters. The largest absolute Gasteiger partial charge is 0.324 e. The van der Waals surface area contributed by atoms with Gasteiger partial charge in [0.1, 0.15) is 6.54 Å². The maximum atomic E-state index is 13.7. The van der Waals surface area contributed by atoms with Crippen molar-refractivity contribution in [3.8, 4) is 11.1 Å². The summed E-state index contributed by atoms with van der Waals surface area (Å²) in [7, 11) is -4.05. The minimum Gasteiger partial charge on any atom is -0.324 e. The number of nitrogens with one attached hydrogen (secondary N) is 1. The van der Waals surface area contributed by atoms with E-state index in [4.69, 9.17) is 11.6 Å². The number of carbonyl (C=O) groups is 1. The molecule has 5 nitrogen and oxygen atoms in total. The Bertz CT molecular complexity index is 1450. The van der Waals surface area contributed by atoms with Crippen LogP contribution in [0.2, 0.25) is 5.02 Å². The molecule has 4 aromatic rings. The number of rotatable bonds is 7. The van der Waals surface area contributed by atoms with E-state index in [2.05, 4.69) is 5.32 Å². The molecule has 7 heteroatoms. The number of halogens is 1. The molecule has 1 amide bonds. The first-order chi connectivity index (χ1) is 16.8. The van der Waals surface area contributed by atoms with Gasteiger partial charge < -0.3 is 5.32 Å². The van der Waals surface area contributed by atoms with Crippen LogP contribution in [0.5, 0.6) is 0 Å². The van der Waals surface area contributed by atoms with Gasteiger partial charge >= 0.3 is 0 Å². The molecule has 0 spiro atoms. The Morgan fingerprint density at radius 2 is 1.51 bits per heavy atom. The van der Waals surface area contributed by atoms with E-state index in [0.29, 0.717) is 22.0 Å². The Kier molecular flexibility index (Phi) is 7.24. The quantitative estimate of drug-likeness (QED) is 0.314. The molecule has 0 heterocycles. The summed E-state index contributed by atoms with van der Waals surface area (Å²) in [5.74, 6) is -0.469. The lowest BCUT2D eigenvalue weighted by molar-refractivity contribution is -0.114. The fourth-order valence-corrected chi connectivity index (χ4v) is 5.41. The zero-order valence-corrected chi connectivity index (χ0v) is 21.0. The van der Waals surface area contributed by atoms with Crippen molar-refractivity contribution in [1.82, 2.24) is 0 Å². The molecule has 4 rings (SSSR count). The van der Waals surface area contributed by atoms with E-state index < -0.39 is 22.5 Å². The van der Waals surface area contributed by atoms with Crippen molar-refractivity contribution in [3.05, 3.63) is 113 Å². The Labute approximate surface area is 211 Å². The minimum absolute atomic E-state index is 0.0972. The first-order valence-electron chi connectivity index (χ1n) is 11.1. The number of anilines is 2. The molecule has 0 bridgehead atoms. The summed E-state index contributed by atoms with van der Waals surface area (Å²) in [4.78, 5) is 13.4. The average Bonchev–Trinajstić information content (AvgIpc) is 2.85. The number of para-hydroxylation sites is 1. The van der Waals surface area contributed by atoms with Crippen molar-refractivity contribution in [1.29, 1.82) is 0 Å². The maximum Gasteiger partial charge on any atom is 0.264 e. The van der Waals surface area contributed by atoms with Crippen molar-refractivity contribution in [2.45, 2.75) is 18.7 Å². The molecule has 0 atom stereocenters. The van der Waals surface area contributed by atoms with Gasteiger partial charge in [0, 0.05) is 16.3 Å². The molecule has 0 aliphatic rings. The van der Waals surface area contributed by atoms with Gasteiger partial charge in [0.25, 0.3) is 10.0 Å². The smallest absolute Gasteiger partial charge is 0.264 e. The Hall–Kier alpha value is -3.61. The van der Waals surface area contributed by atoms with Crippen LogP contribution < -0.4 is 9.62 Å². The lowest BCUT2D eigenvalue weighted by Crippen LogP contribution is -2.38. The van der Waals surface area contributed by atoms with Crippen molar-refractivity contribution in [2.75, 3.05) is 16.2 Å².